The van der Waals surface area contributed by atoms with Gasteiger partial charge in [0.1, 0.15) is 5.75 Å². The number of rotatable bonds is 1. The Morgan fingerprint density at radius 1 is 1.00 bits per heavy atom. The molecule has 0 spiro atoms. The summed E-state index contributed by atoms with van der Waals surface area (Å²) in [5.74, 6) is -0.836. The van der Waals surface area contributed by atoms with Crippen molar-refractivity contribution in [1.29, 1.82) is 0 Å². The Bertz CT molecular complexity index is 910. The lowest BCUT2D eigenvalue weighted by Gasteiger charge is -2.11. The van der Waals surface area contributed by atoms with Crippen LogP contribution in [0.15, 0.2) is 48.5 Å². The highest BCUT2D eigenvalue weighted by atomic mass is 16.4. The van der Waals surface area contributed by atoms with Crippen LogP contribution in [0, 0.1) is 0 Å². The molecule has 0 saturated carbocycles. The van der Waals surface area contributed by atoms with Crippen molar-refractivity contribution in [2.45, 2.75) is 6.42 Å². The van der Waals surface area contributed by atoms with Gasteiger partial charge in [-0.05, 0) is 40.8 Å². The summed E-state index contributed by atoms with van der Waals surface area (Å²) in [6, 6.07) is 14.8. The van der Waals surface area contributed by atoms with Crippen molar-refractivity contribution in [1.82, 2.24) is 0 Å². The van der Waals surface area contributed by atoms with E-state index >= 15 is 0 Å². The highest BCUT2D eigenvalue weighted by molar-refractivity contribution is 6.13. The molecule has 1 aliphatic carbocycles. The summed E-state index contributed by atoms with van der Waals surface area (Å²) >= 11 is 0. The fourth-order valence-corrected chi connectivity index (χ4v) is 3.26. The molecule has 0 amide bonds. The number of aromatic hydroxyl groups is 1. The first-order valence-electron chi connectivity index (χ1n) is 6.76. The SMILES string of the molecule is O=C(O)c1cccc2c(O)cc3c(c12)-c1ccccc1C3. The number of benzene rings is 3. The first kappa shape index (κ1) is 12.0. The summed E-state index contributed by atoms with van der Waals surface area (Å²) in [7, 11) is 0. The van der Waals surface area contributed by atoms with Crippen LogP contribution in [0.25, 0.3) is 21.9 Å². The second-order valence-corrected chi connectivity index (χ2v) is 5.30. The third-order valence-corrected chi connectivity index (χ3v) is 4.12. The number of carbonyl (C=O) groups is 1. The smallest absolute Gasteiger partial charge is 0.336 e. The minimum Gasteiger partial charge on any atom is -0.507 e. The van der Waals surface area contributed by atoms with E-state index in [2.05, 4.69) is 0 Å². The monoisotopic (exact) mass is 276 g/mol. The van der Waals surface area contributed by atoms with E-state index in [0.717, 1.165) is 23.1 Å². The molecule has 0 saturated heterocycles. The average Bonchev–Trinajstić information content (AvgIpc) is 2.84. The van der Waals surface area contributed by atoms with Crippen LogP contribution in [-0.2, 0) is 6.42 Å². The van der Waals surface area contributed by atoms with Gasteiger partial charge in [-0.15, -0.1) is 0 Å². The Hall–Kier alpha value is -2.81. The molecule has 0 fully saturated rings. The number of aromatic carboxylic acids is 1. The zero-order chi connectivity index (χ0) is 14.6. The van der Waals surface area contributed by atoms with Crippen LogP contribution in [-0.4, -0.2) is 16.2 Å². The van der Waals surface area contributed by atoms with Crippen molar-refractivity contribution in [3.8, 4) is 16.9 Å². The van der Waals surface area contributed by atoms with E-state index in [0.29, 0.717) is 10.8 Å². The zero-order valence-corrected chi connectivity index (χ0v) is 11.1. The van der Waals surface area contributed by atoms with Crippen molar-refractivity contribution in [2.24, 2.45) is 0 Å². The first-order chi connectivity index (χ1) is 10.2. The van der Waals surface area contributed by atoms with Crippen molar-refractivity contribution in [3.05, 3.63) is 65.2 Å². The van der Waals surface area contributed by atoms with E-state index in [1.54, 1.807) is 24.3 Å². The van der Waals surface area contributed by atoms with Gasteiger partial charge in [0, 0.05) is 10.8 Å². The summed E-state index contributed by atoms with van der Waals surface area (Å²) in [6.45, 7) is 0. The summed E-state index contributed by atoms with van der Waals surface area (Å²) in [4.78, 5) is 11.6. The molecule has 2 N–H and O–H groups in total. The largest absolute Gasteiger partial charge is 0.507 e. The molecule has 0 aliphatic heterocycles. The maximum Gasteiger partial charge on any atom is 0.336 e. The number of carboxylic acid groups (broad SMARTS) is 1. The molecule has 102 valence electrons. The second-order valence-electron chi connectivity index (χ2n) is 5.30. The van der Waals surface area contributed by atoms with Gasteiger partial charge >= 0.3 is 5.97 Å². The van der Waals surface area contributed by atoms with E-state index < -0.39 is 5.97 Å². The number of fused-ring (bicyclic) bond motifs is 5. The van der Waals surface area contributed by atoms with Gasteiger partial charge < -0.3 is 10.2 Å². The lowest BCUT2D eigenvalue weighted by molar-refractivity contribution is 0.0699. The molecular weight excluding hydrogens is 264 g/mol. The number of phenolic OH excluding ortho intramolecular Hbond substituents is 1. The van der Waals surface area contributed by atoms with Gasteiger partial charge in [-0.3, -0.25) is 0 Å². The van der Waals surface area contributed by atoms with Crippen LogP contribution in [0.1, 0.15) is 21.5 Å². The molecule has 3 aromatic carbocycles. The minimum atomic E-state index is -0.974. The normalized spacial score (nSPS) is 12.2. The van der Waals surface area contributed by atoms with Gasteiger partial charge in [0.25, 0.3) is 0 Å². The summed E-state index contributed by atoms with van der Waals surface area (Å²) in [6.07, 6.45) is 0.725. The second kappa shape index (κ2) is 4.09. The summed E-state index contributed by atoms with van der Waals surface area (Å²) < 4.78 is 0. The molecule has 0 atom stereocenters. The number of hydrogen-bond acceptors (Lipinski definition) is 2. The molecule has 0 radical (unpaired) electrons. The molecule has 1 aliphatic rings. The quantitative estimate of drug-likeness (QED) is 0.555. The minimum absolute atomic E-state index is 0.139. The Balaban J connectivity index is 2.22. The van der Waals surface area contributed by atoms with Gasteiger partial charge in [-0.2, -0.15) is 0 Å². The third-order valence-electron chi connectivity index (χ3n) is 4.12. The third kappa shape index (κ3) is 1.57. The lowest BCUT2D eigenvalue weighted by atomic mass is 9.93. The summed E-state index contributed by atoms with van der Waals surface area (Å²) in [5.41, 5.74) is 4.38. The topological polar surface area (TPSA) is 57.5 Å². The number of hydrogen-bond donors (Lipinski definition) is 2. The van der Waals surface area contributed by atoms with Crippen LogP contribution in [0.2, 0.25) is 0 Å². The summed E-state index contributed by atoms with van der Waals surface area (Å²) in [5, 5.41) is 20.9. The predicted octanol–water partition coefficient (Wildman–Crippen LogP) is 3.81. The predicted molar refractivity (Wildman–Crippen MR) is 80.8 cm³/mol. The highest BCUT2D eigenvalue weighted by Gasteiger charge is 2.24. The van der Waals surface area contributed by atoms with Crippen LogP contribution in [0.5, 0.6) is 5.75 Å². The molecule has 3 nitrogen and oxygen atoms in total. The maximum atomic E-state index is 11.6. The van der Waals surface area contributed by atoms with E-state index in [9.17, 15) is 15.0 Å². The van der Waals surface area contributed by atoms with Crippen molar-refractivity contribution >= 4 is 16.7 Å². The first-order valence-corrected chi connectivity index (χ1v) is 6.76. The molecule has 0 heterocycles. The fourth-order valence-electron chi connectivity index (χ4n) is 3.26. The van der Waals surface area contributed by atoms with Crippen LogP contribution in [0.3, 0.4) is 0 Å². The van der Waals surface area contributed by atoms with E-state index in [4.69, 9.17) is 0 Å². The van der Waals surface area contributed by atoms with Crippen molar-refractivity contribution in [3.63, 3.8) is 0 Å². The van der Waals surface area contributed by atoms with Crippen LogP contribution < -0.4 is 0 Å². The van der Waals surface area contributed by atoms with Gasteiger partial charge in [0.2, 0.25) is 0 Å². The zero-order valence-electron chi connectivity index (χ0n) is 11.1. The highest BCUT2D eigenvalue weighted by Crippen LogP contribution is 2.45. The van der Waals surface area contributed by atoms with E-state index in [1.165, 1.54) is 5.56 Å². The standard InChI is InChI=1S/C18H12O3/c19-15-9-11-8-10-4-1-2-5-12(10)16(11)17-13(15)6-3-7-14(17)18(20)21/h1-7,9,19H,8H2,(H,20,21). The Morgan fingerprint density at radius 3 is 2.62 bits per heavy atom. The van der Waals surface area contributed by atoms with Crippen LogP contribution in [0.4, 0.5) is 0 Å². The van der Waals surface area contributed by atoms with Gasteiger partial charge in [-0.1, -0.05) is 36.4 Å². The van der Waals surface area contributed by atoms with Gasteiger partial charge in [0.05, 0.1) is 5.56 Å². The fraction of sp³-hybridized carbons (Fsp3) is 0.0556. The number of phenols is 1. The molecule has 0 aromatic heterocycles. The lowest BCUT2D eigenvalue weighted by Crippen LogP contribution is -1.99. The molecule has 4 rings (SSSR count). The molecule has 0 unspecified atom stereocenters. The molecule has 3 aromatic rings. The van der Waals surface area contributed by atoms with Gasteiger partial charge in [-0.25, -0.2) is 4.79 Å². The molecular formula is C18H12O3. The van der Waals surface area contributed by atoms with Crippen molar-refractivity contribution in [2.75, 3.05) is 0 Å². The van der Waals surface area contributed by atoms with Gasteiger partial charge in [0.15, 0.2) is 0 Å². The number of carboxylic acids is 1. The molecule has 21 heavy (non-hydrogen) atoms. The Labute approximate surface area is 121 Å². The van der Waals surface area contributed by atoms with Crippen LogP contribution >= 0.6 is 0 Å². The molecule has 3 heteroatoms. The maximum absolute atomic E-state index is 11.6. The Kier molecular flexibility index (Phi) is 2.33. The average molecular weight is 276 g/mol. The van der Waals surface area contributed by atoms with E-state index in [-0.39, 0.29) is 11.3 Å². The molecule has 0 bridgehead atoms. The Morgan fingerprint density at radius 2 is 1.81 bits per heavy atom. The van der Waals surface area contributed by atoms with Crippen molar-refractivity contribution < 1.29 is 15.0 Å². The van der Waals surface area contributed by atoms with E-state index in [1.807, 2.05) is 24.3 Å².